The molecule has 6 atom stereocenters. The first-order chi connectivity index (χ1) is 6.36. The van der Waals surface area contributed by atoms with Gasteiger partial charge < -0.3 is 31.3 Å². The highest BCUT2D eigenvalue weighted by Gasteiger charge is 2.56. The lowest BCUT2D eigenvalue weighted by molar-refractivity contribution is -0.209. The Hall–Kier alpha value is 0.240. The van der Waals surface area contributed by atoms with Gasteiger partial charge in [-0.3, -0.25) is 0 Å². The third kappa shape index (κ3) is 1.58. The van der Waals surface area contributed by atoms with Crippen molar-refractivity contribution >= 4 is 15.9 Å². The summed E-state index contributed by atoms with van der Waals surface area (Å²) in [5.41, 5.74) is 3.40. The Kier molecular flexibility index (Phi) is 3.53. The number of nitrogens with two attached hydrogens (primary N) is 1. The molecule has 0 amide bonds. The molecule has 0 bridgehead atoms. The van der Waals surface area contributed by atoms with Crippen molar-refractivity contribution in [1.82, 2.24) is 0 Å². The summed E-state index contributed by atoms with van der Waals surface area (Å²) in [4.78, 5) is -0.992. The molecule has 0 saturated heterocycles. The summed E-state index contributed by atoms with van der Waals surface area (Å²) in [6.45, 7) is -0.342. The summed E-state index contributed by atoms with van der Waals surface area (Å²) in [6, 6.07) is 0. The molecular formula is C7H14BrNO5. The molecule has 1 aliphatic carbocycles. The Morgan fingerprint density at radius 3 is 2.00 bits per heavy atom. The van der Waals surface area contributed by atoms with Crippen LogP contribution in [0.25, 0.3) is 0 Å². The van der Waals surface area contributed by atoms with Gasteiger partial charge in [0.1, 0.15) is 23.9 Å². The molecule has 0 radical (unpaired) electrons. The molecule has 6 nitrogen and oxygen atoms in total. The second kappa shape index (κ2) is 4.01. The first-order valence-corrected chi connectivity index (χ1v) is 5.06. The maximum atomic E-state index is 9.82. The normalized spacial score (nSPS) is 54.6. The summed E-state index contributed by atoms with van der Waals surface area (Å²) in [5.74, 6) is 0. The quantitative estimate of drug-likeness (QED) is 0.281. The summed E-state index contributed by atoms with van der Waals surface area (Å²) in [7, 11) is 0. The summed E-state index contributed by atoms with van der Waals surface area (Å²) < 4.78 is 0. The third-order valence-corrected chi connectivity index (χ3v) is 3.97. The van der Waals surface area contributed by atoms with Gasteiger partial charge in [0.25, 0.3) is 0 Å². The number of aliphatic hydroxyl groups excluding tert-OH is 4. The molecule has 1 fully saturated rings. The van der Waals surface area contributed by atoms with E-state index in [1.165, 1.54) is 0 Å². The number of hydrogen-bond donors (Lipinski definition) is 6. The van der Waals surface area contributed by atoms with E-state index in [9.17, 15) is 25.5 Å². The van der Waals surface area contributed by atoms with Crippen LogP contribution in [0, 0.1) is 0 Å². The summed E-state index contributed by atoms with van der Waals surface area (Å²) in [5, 5.41) is 47.3. The van der Waals surface area contributed by atoms with Gasteiger partial charge in [-0.25, -0.2) is 0 Å². The van der Waals surface area contributed by atoms with Crippen LogP contribution in [0.15, 0.2) is 0 Å². The van der Waals surface area contributed by atoms with Gasteiger partial charge in [-0.05, 0) is 0 Å². The van der Waals surface area contributed by atoms with Gasteiger partial charge in [-0.1, -0.05) is 15.9 Å². The van der Waals surface area contributed by atoms with Crippen LogP contribution in [0.5, 0.6) is 0 Å². The van der Waals surface area contributed by atoms with Gasteiger partial charge in [-0.15, -0.1) is 0 Å². The van der Waals surface area contributed by atoms with E-state index in [2.05, 4.69) is 15.9 Å². The summed E-state index contributed by atoms with van der Waals surface area (Å²) in [6.07, 6.45) is -6.12. The molecule has 1 rings (SSSR count). The van der Waals surface area contributed by atoms with Crippen molar-refractivity contribution in [2.24, 2.45) is 5.73 Å². The van der Waals surface area contributed by atoms with Crippen LogP contribution in [0.3, 0.4) is 0 Å². The Morgan fingerprint density at radius 2 is 1.57 bits per heavy atom. The summed E-state index contributed by atoms with van der Waals surface area (Å²) >= 11 is 2.93. The molecule has 0 unspecified atom stereocenters. The van der Waals surface area contributed by atoms with Crippen molar-refractivity contribution in [1.29, 1.82) is 0 Å². The average Bonchev–Trinajstić information content (AvgIpc) is 2.21. The average molecular weight is 272 g/mol. The molecule has 0 aromatic carbocycles. The highest BCUT2D eigenvalue weighted by molar-refractivity contribution is 9.09. The number of rotatable bonds is 1. The predicted molar refractivity (Wildman–Crippen MR) is 50.7 cm³/mol. The van der Waals surface area contributed by atoms with Crippen LogP contribution in [-0.4, -0.2) is 66.9 Å². The molecule has 7 heteroatoms. The largest absolute Gasteiger partial charge is 0.389 e. The molecule has 7 N–H and O–H groups in total. The van der Waals surface area contributed by atoms with Crippen LogP contribution < -0.4 is 5.73 Å². The van der Waals surface area contributed by atoms with Gasteiger partial charge >= 0.3 is 0 Å². The maximum absolute atomic E-state index is 9.82. The fraction of sp³-hybridized carbons (Fsp3) is 1.00. The fourth-order valence-corrected chi connectivity index (χ4v) is 2.32. The number of alkyl halides is 1. The molecule has 0 spiro atoms. The minimum atomic E-state index is -1.85. The van der Waals surface area contributed by atoms with Crippen molar-refractivity contribution in [3.63, 3.8) is 0 Å². The fourth-order valence-electron chi connectivity index (χ4n) is 1.55. The molecule has 0 aromatic rings. The highest BCUT2D eigenvalue weighted by Crippen LogP contribution is 2.34. The van der Waals surface area contributed by atoms with Crippen LogP contribution in [-0.2, 0) is 0 Å². The Labute approximate surface area is 89.1 Å². The molecule has 0 heterocycles. The lowest BCUT2D eigenvalue weighted by Gasteiger charge is -2.47. The van der Waals surface area contributed by atoms with Gasteiger partial charge in [0, 0.05) is 6.54 Å². The number of aliphatic hydroxyl groups is 5. The molecular weight excluding hydrogens is 258 g/mol. The van der Waals surface area contributed by atoms with Crippen molar-refractivity contribution in [3.8, 4) is 0 Å². The first-order valence-electron chi connectivity index (χ1n) is 4.15. The van der Waals surface area contributed by atoms with Gasteiger partial charge in [-0.2, -0.15) is 0 Å². The van der Waals surface area contributed by atoms with Gasteiger partial charge in [0.2, 0.25) is 0 Å². The molecule has 1 saturated carbocycles. The second-order valence-corrected chi connectivity index (χ2v) is 4.50. The maximum Gasteiger partial charge on any atom is 0.120 e. The topological polar surface area (TPSA) is 127 Å². The van der Waals surface area contributed by atoms with E-state index in [4.69, 9.17) is 5.73 Å². The van der Waals surface area contributed by atoms with E-state index in [1.807, 2.05) is 0 Å². The van der Waals surface area contributed by atoms with Crippen LogP contribution in [0.1, 0.15) is 0 Å². The minimum absolute atomic E-state index is 0.342. The molecule has 1 aliphatic rings. The molecule has 84 valence electrons. The zero-order valence-corrected chi connectivity index (χ0v) is 8.87. The monoisotopic (exact) mass is 271 g/mol. The van der Waals surface area contributed by atoms with Crippen molar-refractivity contribution in [2.45, 2.75) is 34.8 Å². The third-order valence-electron chi connectivity index (χ3n) is 2.64. The molecule has 0 aromatic heterocycles. The van der Waals surface area contributed by atoms with Crippen LogP contribution >= 0.6 is 15.9 Å². The molecule has 0 aliphatic heterocycles. The Bertz CT molecular complexity index is 200. The van der Waals surface area contributed by atoms with Crippen molar-refractivity contribution in [3.05, 3.63) is 0 Å². The lowest BCUT2D eigenvalue weighted by Crippen LogP contribution is -2.71. The highest BCUT2D eigenvalue weighted by atomic mass is 79.9. The number of hydrogen-bond acceptors (Lipinski definition) is 6. The van der Waals surface area contributed by atoms with E-state index in [-0.39, 0.29) is 6.54 Å². The smallest absolute Gasteiger partial charge is 0.120 e. The Morgan fingerprint density at radius 1 is 1.07 bits per heavy atom. The molecule has 14 heavy (non-hydrogen) atoms. The van der Waals surface area contributed by atoms with Gasteiger partial charge in [0.05, 0.1) is 10.9 Å². The van der Waals surface area contributed by atoms with E-state index >= 15 is 0 Å². The first kappa shape index (κ1) is 12.3. The SMILES string of the molecule is NC[C@@]1(O)[C@H](Br)[C@H](O)[C@H](O)[C@@H](O)[C@@H]1O. The van der Waals surface area contributed by atoms with Crippen LogP contribution in [0.2, 0.25) is 0 Å². The standard InChI is InChI=1S/C7H14BrNO5/c8-5-3(11)2(10)4(12)6(13)7(5,14)1-9/h2-6,10-14H,1,9H2/t2-,3+,4+,5+,6-,7+/m0/s1. The lowest BCUT2D eigenvalue weighted by atomic mass is 9.77. The number of halogens is 1. The predicted octanol–water partition coefficient (Wildman–Crippen LogP) is -3.10. The zero-order valence-electron chi connectivity index (χ0n) is 7.29. The van der Waals surface area contributed by atoms with E-state index in [1.54, 1.807) is 0 Å². The Balaban J connectivity index is 2.98. The van der Waals surface area contributed by atoms with Crippen molar-refractivity contribution < 1.29 is 25.5 Å². The van der Waals surface area contributed by atoms with E-state index in [0.29, 0.717) is 0 Å². The van der Waals surface area contributed by atoms with E-state index < -0.39 is 34.8 Å². The van der Waals surface area contributed by atoms with Crippen LogP contribution in [0.4, 0.5) is 0 Å². The second-order valence-electron chi connectivity index (χ2n) is 3.51. The van der Waals surface area contributed by atoms with E-state index in [0.717, 1.165) is 0 Å². The minimum Gasteiger partial charge on any atom is -0.389 e. The zero-order chi connectivity index (χ0) is 11.1. The van der Waals surface area contributed by atoms with Gasteiger partial charge in [0.15, 0.2) is 0 Å². The van der Waals surface area contributed by atoms with Crippen molar-refractivity contribution in [2.75, 3.05) is 6.54 Å².